The van der Waals surface area contributed by atoms with E-state index in [9.17, 15) is 13.2 Å². The first-order valence-corrected chi connectivity index (χ1v) is 9.70. The average molecular weight is 397 g/mol. The van der Waals surface area contributed by atoms with E-state index < -0.39 is 15.9 Å². The number of ether oxygens (including phenoxy) is 1. The lowest BCUT2D eigenvalue weighted by Gasteiger charge is -2.17. The highest BCUT2D eigenvalue weighted by Crippen LogP contribution is 2.17. The largest absolute Gasteiger partial charge is 0.380 e. The lowest BCUT2D eigenvalue weighted by atomic mass is 10.1. The van der Waals surface area contributed by atoms with Crippen LogP contribution in [-0.2, 0) is 32.7 Å². The second-order valence-electron chi connectivity index (χ2n) is 5.69. The molecule has 2 rings (SSSR count). The van der Waals surface area contributed by atoms with Gasteiger partial charge in [0.1, 0.15) is 0 Å². The number of hydrogen-bond acceptors (Lipinski definition) is 4. The molecule has 0 radical (unpaired) electrons. The molecule has 2 aromatic carbocycles. The first-order valence-electron chi connectivity index (χ1n) is 7.89. The Kier molecular flexibility index (Phi) is 7.16. The number of nitrogens with zero attached hydrogens (tertiary/aromatic N) is 1. The zero-order valence-corrected chi connectivity index (χ0v) is 16.2. The predicted octanol–water partition coefficient (Wildman–Crippen LogP) is 2.42. The molecular formula is C18H21ClN2O4S. The van der Waals surface area contributed by atoms with Gasteiger partial charge in [-0.25, -0.2) is 8.42 Å². The molecule has 0 saturated carbocycles. The third-order valence-electron chi connectivity index (χ3n) is 3.78. The van der Waals surface area contributed by atoms with E-state index in [0.717, 1.165) is 15.4 Å². The van der Waals surface area contributed by atoms with E-state index in [1.165, 1.54) is 31.3 Å². The Bertz CT molecular complexity index is 854. The Morgan fingerprint density at radius 2 is 1.73 bits per heavy atom. The Hall–Kier alpha value is -1.93. The van der Waals surface area contributed by atoms with Gasteiger partial charge in [0.05, 0.1) is 18.0 Å². The van der Waals surface area contributed by atoms with Gasteiger partial charge in [-0.1, -0.05) is 35.9 Å². The van der Waals surface area contributed by atoms with Crippen LogP contribution in [0, 0.1) is 0 Å². The normalized spacial score (nSPS) is 11.5. The van der Waals surface area contributed by atoms with Crippen LogP contribution in [-0.4, -0.2) is 39.3 Å². The lowest BCUT2D eigenvalue weighted by Crippen LogP contribution is -2.38. The summed E-state index contributed by atoms with van der Waals surface area (Å²) < 4.78 is 31.1. The van der Waals surface area contributed by atoms with Gasteiger partial charge in [0.15, 0.2) is 0 Å². The van der Waals surface area contributed by atoms with Gasteiger partial charge in [-0.05, 0) is 35.4 Å². The van der Waals surface area contributed by atoms with Crippen molar-refractivity contribution >= 4 is 27.5 Å². The van der Waals surface area contributed by atoms with Crippen molar-refractivity contribution in [3.05, 3.63) is 64.7 Å². The number of amides is 1. The fourth-order valence-corrected chi connectivity index (χ4v) is 3.60. The van der Waals surface area contributed by atoms with Crippen LogP contribution in [0.2, 0.25) is 5.02 Å². The molecular weight excluding hydrogens is 376 g/mol. The van der Waals surface area contributed by atoms with Gasteiger partial charge < -0.3 is 10.1 Å². The summed E-state index contributed by atoms with van der Waals surface area (Å²) in [6.45, 7) is 0.460. The number of hydrogen-bond donors (Lipinski definition) is 1. The van der Waals surface area contributed by atoms with Gasteiger partial charge >= 0.3 is 0 Å². The molecule has 0 aliphatic heterocycles. The zero-order chi connectivity index (χ0) is 19.2. The second-order valence-corrected chi connectivity index (χ2v) is 8.17. The minimum atomic E-state index is -3.76. The van der Waals surface area contributed by atoms with Crippen molar-refractivity contribution in [3.8, 4) is 0 Å². The Balaban J connectivity index is 1.98. The van der Waals surface area contributed by atoms with Crippen LogP contribution in [0.1, 0.15) is 11.1 Å². The van der Waals surface area contributed by atoms with Crippen molar-refractivity contribution in [2.24, 2.45) is 0 Å². The minimum Gasteiger partial charge on any atom is -0.380 e. The summed E-state index contributed by atoms with van der Waals surface area (Å²) in [6, 6.07) is 13.4. The molecule has 0 saturated heterocycles. The molecule has 0 aliphatic rings. The molecule has 140 valence electrons. The molecule has 0 heterocycles. The van der Waals surface area contributed by atoms with Crippen LogP contribution in [0.25, 0.3) is 0 Å². The monoisotopic (exact) mass is 396 g/mol. The van der Waals surface area contributed by atoms with Crippen molar-refractivity contribution in [1.82, 2.24) is 9.62 Å². The predicted molar refractivity (Wildman–Crippen MR) is 100 cm³/mol. The van der Waals surface area contributed by atoms with Crippen LogP contribution in [0.15, 0.2) is 53.4 Å². The quantitative estimate of drug-likeness (QED) is 0.743. The van der Waals surface area contributed by atoms with Crippen LogP contribution in [0.5, 0.6) is 0 Å². The SMILES string of the molecule is COCc1ccccc1CNC(=O)CN(C)S(=O)(=O)c1ccc(Cl)cc1. The van der Waals surface area contributed by atoms with Gasteiger partial charge in [0.25, 0.3) is 0 Å². The molecule has 0 unspecified atom stereocenters. The maximum atomic E-state index is 12.5. The summed E-state index contributed by atoms with van der Waals surface area (Å²) in [6.07, 6.45) is 0. The van der Waals surface area contributed by atoms with Gasteiger partial charge in [0, 0.05) is 25.7 Å². The van der Waals surface area contributed by atoms with E-state index in [4.69, 9.17) is 16.3 Å². The van der Waals surface area contributed by atoms with E-state index in [0.29, 0.717) is 18.2 Å². The van der Waals surface area contributed by atoms with Crippen molar-refractivity contribution in [2.45, 2.75) is 18.0 Å². The molecule has 0 atom stereocenters. The van der Waals surface area contributed by atoms with Gasteiger partial charge in [-0.2, -0.15) is 4.31 Å². The van der Waals surface area contributed by atoms with Crippen molar-refractivity contribution < 1.29 is 17.9 Å². The standard InChI is InChI=1S/C18H21ClN2O4S/c1-21(26(23,24)17-9-7-16(19)8-10-17)12-18(22)20-11-14-5-3-4-6-15(14)13-25-2/h3-10H,11-13H2,1-2H3,(H,20,22). The Labute approximate surface area is 158 Å². The molecule has 0 aliphatic carbocycles. The number of sulfonamides is 1. The highest BCUT2D eigenvalue weighted by Gasteiger charge is 2.22. The number of halogens is 1. The summed E-state index contributed by atoms with van der Waals surface area (Å²) in [5.41, 5.74) is 1.89. The smallest absolute Gasteiger partial charge is 0.243 e. The second kappa shape index (κ2) is 9.14. The van der Waals surface area contributed by atoms with Gasteiger partial charge in [-0.3, -0.25) is 4.79 Å². The summed E-state index contributed by atoms with van der Waals surface area (Å²) in [5, 5.41) is 3.18. The Morgan fingerprint density at radius 3 is 2.35 bits per heavy atom. The van der Waals surface area contributed by atoms with Crippen molar-refractivity contribution in [1.29, 1.82) is 0 Å². The highest BCUT2D eigenvalue weighted by atomic mass is 35.5. The average Bonchev–Trinajstić information content (AvgIpc) is 2.61. The molecule has 8 heteroatoms. The van der Waals surface area contributed by atoms with Crippen molar-refractivity contribution in [2.75, 3.05) is 20.7 Å². The molecule has 0 fully saturated rings. The minimum absolute atomic E-state index is 0.0858. The maximum Gasteiger partial charge on any atom is 0.243 e. The first kappa shape index (κ1) is 20.4. The maximum absolute atomic E-state index is 12.5. The molecule has 0 bridgehead atoms. The summed E-state index contributed by atoms with van der Waals surface area (Å²) in [5.74, 6) is -0.391. The topological polar surface area (TPSA) is 75.7 Å². The van der Waals surface area contributed by atoms with E-state index >= 15 is 0 Å². The van der Waals surface area contributed by atoms with Gasteiger partial charge in [-0.15, -0.1) is 0 Å². The molecule has 6 nitrogen and oxygen atoms in total. The number of likely N-dealkylation sites (N-methyl/N-ethyl adjacent to an activating group) is 1. The van der Waals surface area contributed by atoms with Crippen LogP contribution in [0.3, 0.4) is 0 Å². The third-order valence-corrected chi connectivity index (χ3v) is 5.85. The third kappa shape index (κ3) is 5.28. The van der Waals surface area contributed by atoms with E-state index in [2.05, 4.69) is 5.32 Å². The Morgan fingerprint density at radius 1 is 1.12 bits per heavy atom. The van der Waals surface area contributed by atoms with Crippen LogP contribution in [0.4, 0.5) is 0 Å². The number of nitrogens with one attached hydrogen (secondary N) is 1. The number of benzene rings is 2. The van der Waals surface area contributed by atoms with Crippen molar-refractivity contribution in [3.63, 3.8) is 0 Å². The summed E-state index contributed by atoms with van der Waals surface area (Å²) in [7, 11) is -0.790. The number of carbonyl (C=O) groups is 1. The van der Waals surface area contributed by atoms with Crippen LogP contribution < -0.4 is 5.32 Å². The van der Waals surface area contributed by atoms with E-state index in [1.807, 2.05) is 24.3 Å². The lowest BCUT2D eigenvalue weighted by molar-refractivity contribution is -0.121. The summed E-state index contributed by atoms with van der Waals surface area (Å²) >= 11 is 5.78. The molecule has 2 aromatic rings. The molecule has 26 heavy (non-hydrogen) atoms. The van der Waals surface area contributed by atoms with E-state index in [-0.39, 0.29) is 11.4 Å². The number of rotatable bonds is 8. The first-order chi connectivity index (χ1) is 12.3. The van der Waals surface area contributed by atoms with E-state index in [1.54, 1.807) is 7.11 Å². The molecule has 0 spiro atoms. The number of methoxy groups -OCH3 is 1. The highest BCUT2D eigenvalue weighted by molar-refractivity contribution is 7.89. The fraction of sp³-hybridized carbons (Fsp3) is 0.278. The molecule has 1 amide bonds. The van der Waals surface area contributed by atoms with Gasteiger partial charge in [0.2, 0.25) is 15.9 Å². The summed E-state index contributed by atoms with van der Waals surface area (Å²) in [4.78, 5) is 12.2. The molecule has 0 aromatic heterocycles. The fourth-order valence-electron chi connectivity index (χ4n) is 2.35. The van der Waals surface area contributed by atoms with Crippen LogP contribution >= 0.6 is 11.6 Å². The number of carbonyl (C=O) groups excluding carboxylic acids is 1. The molecule has 1 N–H and O–H groups in total. The zero-order valence-electron chi connectivity index (χ0n) is 14.6.